The van der Waals surface area contributed by atoms with Crippen molar-refractivity contribution in [3.8, 4) is 5.75 Å². The number of hydrogen-bond donors (Lipinski definition) is 1. The zero-order valence-electron chi connectivity index (χ0n) is 16.5. The standard InChI is InChI=1S/C24H30O4/c1-26-23-11-8-20(9-12-23)16-27-14-13-22-10-7-21(15-24(22)25)18-28-17-19-5-3-2-4-6-19/h2-6,8-12,21,24-25H,7,13-18H2,1H3. The molecule has 0 fully saturated rings. The second-order valence-electron chi connectivity index (χ2n) is 7.28. The minimum Gasteiger partial charge on any atom is -0.497 e. The maximum absolute atomic E-state index is 10.4. The summed E-state index contributed by atoms with van der Waals surface area (Å²) in [5.41, 5.74) is 3.40. The van der Waals surface area contributed by atoms with Crippen molar-refractivity contribution in [2.75, 3.05) is 20.3 Å². The molecule has 150 valence electrons. The van der Waals surface area contributed by atoms with E-state index < -0.39 is 0 Å². The number of aliphatic hydroxyl groups excluding tert-OH is 1. The smallest absolute Gasteiger partial charge is 0.118 e. The molecule has 28 heavy (non-hydrogen) atoms. The molecule has 4 nitrogen and oxygen atoms in total. The van der Waals surface area contributed by atoms with Crippen LogP contribution in [0.3, 0.4) is 0 Å². The molecular weight excluding hydrogens is 352 g/mol. The van der Waals surface area contributed by atoms with E-state index >= 15 is 0 Å². The van der Waals surface area contributed by atoms with Gasteiger partial charge in [0.25, 0.3) is 0 Å². The van der Waals surface area contributed by atoms with Gasteiger partial charge in [0.1, 0.15) is 5.75 Å². The number of rotatable bonds is 10. The van der Waals surface area contributed by atoms with Gasteiger partial charge < -0.3 is 19.3 Å². The fourth-order valence-electron chi connectivity index (χ4n) is 3.44. The summed E-state index contributed by atoms with van der Waals surface area (Å²) in [5, 5.41) is 10.4. The Hall–Kier alpha value is -2.14. The Morgan fingerprint density at radius 3 is 2.36 bits per heavy atom. The molecule has 1 N–H and O–H groups in total. The van der Waals surface area contributed by atoms with Gasteiger partial charge >= 0.3 is 0 Å². The van der Waals surface area contributed by atoms with Gasteiger partial charge in [0, 0.05) is 0 Å². The molecule has 0 amide bonds. The molecule has 2 aromatic rings. The SMILES string of the molecule is COc1ccc(COCCC2=CCC(COCc3ccccc3)CC2O)cc1. The summed E-state index contributed by atoms with van der Waals surface area (Å²) in [6, 6.07) is 18.1. The van der Waals surface area contributed by atoms with Gasteiger partial charge in [0.05, 0.1) is 39.6 Å². The van der Waals surface area contributed by atoms with E-state index in [-0.39, 0.29) is 6.10 Å². The number of benzene rings is 2. The fourth-order valence-corrected chi connectivity index (χ4v) is 3.44. The van der Waals surface area contributed by atoms with Crippen LogP contribution in [0.5, 0.6) is 5.75 Å². The third-order valence-electron chi connectivity index (χ3n) is 5.13. The summed E-state index contributed by atoms with van der Waals surface area (Å²) in [7, 11) is 1.66. The number of ether oxygens (including phenoxy) is 3. The van der Waals surface area contributed by atoms with E-state index in [1.807, 2.05) is 42.5 Å². The van der Waals surface area contributed by atoms with Gasteiger partial charge in [-0.2, -0.15) is 0 Å². The van der Waals surface area contributed by atoms with E-state index in [9.17, 15) is 5.11 Å². The molecule has 0 saturated heterocycles. The van der Waals surface area contributed by atoms with Gasteiger partial charge in [-0.3, -0.25) is 0 Å². The maximum atomic E-state index is 10.4. The van der Waals surface area contributed by atoms with Crippen LogP contribution in [0.15, 0.2) is 66.2 Å². The Labute approximate surface area is 167 Å². The number of allylic oxidation sites excluding steroid dienone is 1. The van der Waals surface area contributed by atoms with Crippen LogP contribution in [0.25, 0.3) is 0 Å². The fraction of sp³-hybridized carbons (Fsp3) is 0.417. The van der Waals surface area contributed by atoms with Crippen molar-refractivity contribution in [2.24, 2.45) is 5.92 Å². The lowest BCUT2D eigenvalue weighted by molar-refractivity contribution is 0.0592. The quantitative estimate of drug-likeness (QED) is 0.485. The molecule has 1 aliphatic carbocycles. The molecule has 2 aromatic carbocycles. The zero-order chi connectivity index (χ0) is 19.6. The topological polar surface area (TPSA) is 47.9 Å². The van der Waals surface area contributed by atoms with Crippen molar-refractivity contribution in [3.63, 3.8) is 0 Å². The summed E-state index contributed by atoms with van der Waals surface area (Å²) < 4.78 is 16.8. The highest BCUT2D eigenvalue weighted by Crippen LogP contribution is 2.26. The second-order valence-corrected chi connectivity index (χ2v) is 7.28. The van der Waals surface area contributed by atoms with Gasteiger partial charge in [-0.15, -0.1) is 0 Å². The Morgan fingerprint density at radius 1 is 0.929 bits per heavy atom. The molecule has 0 heterocycles. The number of aliphatic hydroxyl groups is 1. The first-order valence-corrected chi connectivity index (χ1v) is 9.94. The molecule has 0 radical (unpaired) electrons. The average molecular weight is 382 g/mol. The zero-order valence-corrected chi connectivity index (χ0v) is 16.5. The summed E-state index contributed by atoms with van der Waals surface area (Å²) in [5.74, 6) is 1.23. The Bertz CT molecular complexity index is 724. The predicted octanol–water partition coefficient (Wildman–Crippen LogP) is 4.52. The van der Waals surface area contributed by atoms with Crippen LogP contribution in [-0.2, 0) is 22.7 Å². The first kappa shape index (κ1) is 20.6. The molecule has 3 rings (SSSR count). The molecule has 0 bridgehead atoms. The van der Waals surface area contributed by atoms with Crippen molar-refractivity contribution >= 4 is 0 Å². The van der Waals surface area contributed by atoms with Gasteiger partial charge in [-0.05, 0) is 54.0 Å². The highest BCUT2D eigenvalue weighted by atomic mass is 16.5. The minimum absolute atomic E-state index is 0.377. The van der Waals surface area contributed by atoms with Crippen LogP contribution in [0.1, 0.15) is 30.4 Å². The lowest BCUT2D eigenvalue weighted by atomic mass is 9.86. The normalized spacial score (nSPS) is 19.3. The van der Waals surface area contributed by atoms with Crippen molar-refractivity contribution in [2.45, 2.75) is 38.6 Å². The molecule has 0 aromatic heterocycles. The largest absolute Gasteiger partial charge is 0.497 e. The third kappa shape index (κ3) is 6.48. The van der Waals surface area contributed by atoms with Crippen molar-refractivity contribution < 1.29 is 19.3 Å². The molecule has 2 unspecified atom stereocenters. The van der Waals surface area contributed by atoms with Crippen molar-refractivity contribution in [1.29, 1.82) is 0 Å². The monoisotopic (exact) mass is 382 g/mol. The van der Waals surface area contributed by atoms with E-state index in [0.717, 1.165) is 36.1 Å². The highest BCUT2D eigenvalue weighted by molar-refractivity contribution is 5.26. The Balaban J connectivity index is 1.33. The van der Waals surface area contributed by atoms with E-state index in [0.29, 0.717) is 32.3 Å². The molecule has 4 heteroatoms. The van der Waals surface area contributed by atoms with Crippen LogP contribution < -0.4 is 4.74 Å². The lowest BCUT2D eigenvalue weighted by Gasteiger charge is -2.26. The number of hydrogen-bond acceptors (Lipinski definition) is 4. The van der Waals surface area contributed by atoms with E-state index in [1.165, 1.54) is 5.56 Å². The first-order chi connectivity index (χ1) is 13.7. The van der Waals surface area contributed by atoms with E-state index in [1.54, 1.807) is 7.11 Å². The lowest BCUT2D eigenvalue weighted by Crippen LogP contribution is -2.24. The average Bonchev–Trinajstić information content (AvgIpc) is 2.73. The van der Waals surface area contributed by atoms with Crippen molar-refractivity contribution in [3.05, 3.63) is 77.4 Å². The van der Waals surface area contributed by atoms with Crippen LogP contribution in [-0.4, -0.2) is 31.5 Å². The Kier molecular flexibility index (Phi) is 8.09. The maximum Gasteiger partial charge on any atom is 0.118 e. The molecule has 0 saturated carbocycles. The predicted molar refractivity (Wildman–Crippen MR) is 110 cm³/mol. The summed E-state index contributed by atoms with van der Waals surface area (Å²) >= 11 is 0. The second kappa shape index (κ2) is 11.0. The highest BCUT2D eigenvalue weighted by Gasteiger charge is 2.22. The Morgan fingerprint density at radius 2 is 1.64 bits per heavy atom. The van der Waals surface area contributed by atoms with Crippen LogP contribution in [0, 0.1) is 5.92 Å². The van der Waals surface area contributed by atoms with Gasteiger partial charge in [0.15, 0.2) is 0 Å². The van der Waals surface area contributed by atoms with Crippen LogP contribution in [0.4, 0.5) is 0 Å². The number of methoxy groups -OCH3 is 1. The summed E-state index contributed by atoms with van der Waals surface area (Å²) in [4.78, 5) is 0. The minimum atomic E-state index is -0.385. The molecule has 0 aliphatic heterocycles. The third-order valence-corrected chi connectivity index (χ3v) is 5.13. The van der Waals surface area contributed by atoms with E-state index in [2.05, 4.69) is 18.2 Å². The first-order valence-electron chi connectivity index (χ1n) is 9.94. The van der Waals surface area contributed by atoms with Gasteiger partial charge in [0.2, 0.25) is 0 Å². The van der Waals surface area contributed by atoms with Gasteiger partial charge in [-0.1, -0.05) is 48.5 Å². The van der Waals surface area contributed by atoms with Crippen LogP contribution in [0.2, 0.25) is 0 Å². The van der Waals surface area contributed by atoms with E-state index in [4.69, 9.17) is 14.2 Å². The molecule has 1 aliphatic rings. The molecule has 2 atom stereocenters. The summed E-state index contributed by atoms with van der Waals surface area (Å²) in [6.07, 6.45) is 4.28. The molecule has 0 spiro atoms. The van der Waals surface area contributed by atoms with Crippen molar-refractivity contribution in [1.82, 2.24) is 0 Å². The summed E-state index contributed by atoms with van der Waals surface area (Å²) in [6.45, 7) is 2.50. The van der Waals surface area contributed by atoms with Crippen LogP contribution >= 0.6 is 0 Å². The van der Waals surface area contributed by atoms with Gasteiger partial charge in [-0.25, -0.2) is 0 Å². The molecular formula is C24H30O4.